The molecule has 4 heteroatoms. The molecule has 1 unspecified atom stereocenters. The number of carbonyl (C=O) groups excluding carboxylic acids is 1. The highest BCUT2D eigenvalue weighted by Crippen LogP contribution is 2.18. The molecule has 0 saturated heterocycles. The monoisotopic (exact) mass is 236 g/mol. The highest BCUT2D eigenvalue weighted by atomic mass is 16.3. The molecule has 1 fully saturated rings. The zero-order chi connectivity index (χ0) is 12.7. The third-order valence-electron chi connectivity index (χ3n) is 2.39. The highest BCUT2D eigenvalue weighted by Gasteiger charge is 2.25. The number of nitrogens with two attached hydrogens (primary N) is 1. The van der Waals surface area contributed by atoms with Gasteiger partial charge in [-0.05, 0) is 19.8 Å². The Morgan fingerprint density at radius 3 is 2.41 bits per heavy atom. The lowest BCUT2D eigenvalue weighted by Gasteiger charge is -2.06. The van der Waals surface area contributed by atoms with E-state index < -0.39 is 6.10 Å². The average Bonchev–Trinajstić information content (AvgIpc) is 3.13. The van der Waals surface area contributed by atoms with E-state index in [2.05, 4.69) is 24.4 Å². The lowest BCUT2D eigenvalue weighted by molar-refractivity contribution is -0.128. The summed E-state index contributed by atoms with van der Waals surface area (Å²) in [5.41, 5.74) is 6.38. The molecule has 0 radical (unpaired) electrons. The van der Waals surface area contributed by atoms with Crippen LogP contribution in [-0.2, 0) is 4.79 Å². The standard InChI is InChI=1S/C7H8.C6H12N2O2/c1-7-5-3-2-4-6-7;7-3-5(9)6(10)8-4-1-2-4/h2-6H,1H3;4-5,9H,1-3,7H2,(H,8,10). The molecule has 1 aliphatic carbocycles. The van der Waals surface area contributed by atoms with E-state index in [4.69, 9.17) is 10.8 Å². The minimum atomic E-state index is -1.03. The Hall–Kier alpha value is -1.39. The number of hydrogen-bond donors (Lipinski definition) is 3. The maximum Gasteiger partial charge on any atom is 0.250 e. The third kappa shape index (κ3) is 6.04. The van der Waals surface area contributed by atoms with Crippen molar-refractivity contribution in [1.29, 1.82) is 0 Å². The van der Waals surface area contributed by atoms with Gasteiger partial charge in [-0.3, -0.25) is 4.79 Å². The fourth-order valence-electron chi connectivity index (χ4n) is 1.17. The fourth-order valence-corrected chi connectivity index (χ4v) is 1.17. The van der Waals surface area contributed by atoms with Gasteiger partial charge in [0.2, 0.25) is 5.91 Å². The molecule has 2 rings (SSSR count). The van der Waals surface area contributed by atoms with E-state index in [1.54, 1.807) is 0 Å². The van der Waals surface area contributed by atoms with Gasteiger partial charge in [0.1, 0.15) is 6.10 Å². The normalized spacial score (nSPS) is 15.5. The number of aliphatic hydroxyl groups excluding tert-OH is 1. The molecule has 4 N–H and O–H groups in total. The van der Waals surface area contributed by atoms with Crippen LogP contribution in [0.1, 0.15) is 18.4 Å². The van der Waals surface area contributed by atoms with Crippen molar-refractivity contribution >= 4 is 5.91 Å². The Morgan fingerprint density at radius 1 is 1.47 bits per heavy atom. The van der Waals surface area contributed by atoms with Crippen molar-refractivity contribution in [3.05, 3.63) is 35.9 Å². The van der Waals surface area contributed by atoms with Gasteiger partial charge in [0, 0.05) is 12.6 Å². The summed E-state index contributed by atoms with van der Waals surface area (Å²) in [5, 5.41) is 11.5. The van der Waals surface area contributed by atoms with Gasteiger partial charge in [0.05, 0.1) is 0 Å². The quantitative estimate of drug-likeness (QED) is 0.718. The summed E-state index contributed by atoms with van der Waals surface area (Å²) in [4.78, 5) is 10.8. The average molecular weight is 236 g/mol. The molecule has 1 aliphatic rings. The molecule has 0 aromatic heterocycles. The Balaban J connectivity index is 0.000000181. The van der Waals surface area contributed by atoms with Crippen LogP contribution in [0.5, 0.6) is 0 Å². The number of benzene rings is 1. The zero-order valence-electron chi connectivity index (χ0n) is 10.1. The molecule has 17 heavy (non-hydrogen) atoms. The number of rotatable bonds is 3. The van der Waals surface area contributed by atoms with Crippen molar-refractivity contribution in [2.75, 3.05) is 6.54 Å². The second-order valence-corrected chi connectivity index (χ2v) is 4.19. The molecule has 94 valence electrons. The number of aryl methyl sites for hydroxylation is 1. The second-order valence-electron chi connectivity index (χ2n) is 4.19. The number of nitrogens with one attached hydrogen (secondary N) is 1. The number of hydrogen-bond acceptors (Lipinski definition) is 3. The summed E-state index contributed by atoms with van der Waals surface area (Å²) in [6, 6.07) is 10.6. The summed E-state index contributed by atoms with van der Waals surface area (Å²) in [6.45, 7) is 2.08. The van der Waals surface area contributed by atoms with Crippen LogP contribution in [0.25, 0.3) is 0 Å². The maximum atomic E-state index is 10.8. The van der Waals surface area contributed by atoms with E-state index in [9.17, 15) is 4.79 Å². The Bertz CT molecular complexity index is 337. The molecule has 4 nitrogen and oxygen atoms in total. The molecular weight excluding hydrogens is 216 g/mol. The minimum absolute atomic E-state index is 0.00144. The number of amides is 1. The first kappa shape index (κ1) is 13.7. The van der Waals surface area contributed by atoms with E-state index in [0.29, 0.717) is 6.04 Å². The first-order chi connectivity index (χ1) is 8.13. The van der Waals surface area contributed by atoms with Crippen molar-refractivity contribution < 1.29 is 9.90 Å². The Kier molecular flexibility index (Phi) is 5.66. The molecule has 1 aromatic carbocycles. The number of aliphatic hydroxyl groups is 1. The second kappa shape index (κ2) is 7.04. The molecular formula is C13H20N2O2. The van der Waals surface area contributed by atoms with Gasteiger partial charge in [0.25, 0.3) is 0 Å². The van der Waals surface area contributed by atoms with Crippen molar-refractivity contribution in [2.45, 2.75) is 31.9 Å². The maximum absolute atomic E-state index is 10.8. The van der Waals surface area contributed by atoms with Crippen LogP contribution < -0.4 is 11.1 Å². The van der Waals surface area contributed by atoms with Crippen molar-refractivity contribution in [1.82, 2.24) is 5.32 Å². The third-order valence-corrected chi connectivity index (χ3v) is 2.39. The van der Waals surface area contributed by atoms with Crippen molar-refractivity contribution in [3.63, 3.8) is 0 Å². The van der Waals surface area contributed by atoms with Crippen molar-refractivity contribution in [2.24, 2.45) is 5.73 Å². The van der Waals surface area contributed by atoms with Gasteiger partial charge in [-0.2, -0.15) is 0 Å². The molecule has 0 heterocycles. The van der Waals surface area contributed by atoms with Gasteiger partial charge in [-0.1, -0.05) is 35.9 Å². The van der Waals surface area contributed by atoms with Crippen LogP contribution in [0.2, 0.25) is 0 Å². The van der Waals surface area contributed by atoms with Gasteiger partial charge in [-0.25, -0.2) is 0 Å². The molecule has 0 aliphatic heterocycles. The van der Waals surface area contributed by atoms with Crippen LogP contribution in [0, 0.1) is 6.92 Å². The summed E-state index contributed by atoms with van der Waals surface area (Å²) in [5.74, 6) is -0.343. The number of carbonyl (C=O) groups is 1. The lowest BCUT2D eigenvalue weighted by atomic mass is 10.2. The van der Waals surface area contributed by atoms with Crippen LogP contribution in [0.3, 0.4) is 0 Å². The first-order valence-electron chi connectivity index (χ1n) is 5.83. The molecule has 1 amide bonds. The molecule has 1 aromatic rings. The zero-order valence-corrected chi connectivity index (χ0v) is 10.1. The van der Waals surface area contributed by atoms with E-state index in [-0.39, 0.29) is 12.5 Å². The van der Waals surface area contributed by atoms with Gasteiger partial charge in [-0.15, -0.1) is 0 Å². The largest absolute Gasteiger partial charge is 0.382 e. The topological polar surface area (TPSA) is 75.3 Å². The van der Waals surface area contributed by atoms with Gasteiger partial charge in [0.15, 0.2) is 0 Å². The first-order valence-corrected chi connectivity index (χ1v) is 5.83. The SMILES string of the molecule is Cc1ccccc1.NCC(O)C(=O)NC1CC1. The Labute approximate surface area is 102 Å². The molecule has 0 spiro atoms. The van der Waals surface area contributed by atoms with Crippen LogP contribution in [0.4, 0.5) is 0 Å². The summed E-state index contributed by atoms with van der Waals surface area (Å²) in [6.07, 6.45) is 1.03. The van der Waals surface area contributed by atoms with E-state index in [1.807, 2.05) is 18.2 Å². The fraction of sp³-hybridized carbons (Fsp3) is 0.462. The predicted octanol–water partition coefficient (Wildman–Crippen LogP) is 0.580. The predicted molar refractivity (Wildman–Crippen MR) is 67.4 cm³/mol. The van der Waals surface area contributed by atoms with E-state index in [0.717, 1.165) is 12.8 Å². The van der Waals surface area contributed by atoms with Crippen LogP contribution in [0.15, 0.2) is 30.3 Å². The van der Waals surface area contributed by atoms with Gasteiger partial charge >= 0.3 is 0 Å². The van der Waals surface area contributed by atoms with Crippen molar-refractivity contribution in [3.8, 4) is 0 Å². The van der Waals surface area contributed by atoms with E-state index >= 15 is 0 Å². The van der Waals surface area contributed by atoms with Gasteiger partial charge < -0.3 is 16.2 Å². The van der Waals surface area contributed by atoms with E-state index in [1.165, 1.54) is 5.56 Å². The lowest BCUT2D eigenvalue weighted by Crippen LogP contribution is -2.40. The smallest absolute Gasteiger partial charge is 0.250 e. The summed E-state index contributed by atoms with van der Waals surface area (Å²) >= 11 is 0. The Morgan fingerprint density at radius 2 is 2.06 bits per heavy atom. The minimum Gasteiger partial charge on any atom is -0.382 e. The molecule has 1 saturated carbocycles. The molecule has 0 bridgehead atoms. The summed E-state index contributed by atoms with van der Waals surface area (Å²) < 4.78 is 0. The van der Waals surface area contributed by atoms with Crippen LogP contribution in [-0.4, -0.2) is 29.7 Å². The van der Waals surface area contributed by atoms with Crippen LogP contribution >= 0.6 is 0 Å². The highest BCUT2D eigenvalue weighted by molar-refractivity contribution is 5.81. The summed E-state index contributed by atoms with van der Waals surface area (Å²) in [7, 11) is 0. The molecule has 1 atom stereocenters.